The van der Waals surface area contributed by atoms with Crippen molar-refractivity contribution in [3.05, 3.63) is 63.6 Å². The normalized spacial score (nSPS) is 16.6. The highest BCUT2D eigenvalue weighted by atomic mass is 35.5. The van der Waals surface area contributed by atoms with Crippen LogP contribution in [0.2, 0.25) is 10.0 Å². The summed E-state index contributed by atoms with van der Waals surface area (Å²) in [5.41, 5.74) is 3.04. The van der Waals surface area contributed by atoms with E-state index in [-0.39, 0.29) is 12.5 Å². The number of benzene rings is 2. The highest BCUT2D eigenvalue weighted by Crippen LogP contribution is 2.26. The second kappa shape index (κ2) is 12.3. The molecule has 1 unspecified atom stereocenters. The number of carbonyl (C=O) groups is 2. The Morgan fingerprint density at radius 3 is 2.56 bits per heavy atom. The maximum absolute atomic E-state index is 13.7. The number of nitrogens with one attached hydrogen (secondary N) is 1. The van der Waals surface area contributed by atoms with Crippen LogP contribution in [0.3, 0.4) is 0 Å². The number of amides is 2. The number of piperazine rings is 1. The molecule has 190 valence electrons. The molecule has 1 N–H and O–H groups in total. The van der Waals surface area contributed by atoms with E-state index in [4.69, 9.17) is 33.2 Å². The summed E-state index contributed by atoms with van der Waals surface area (Å²) in [6, 6.07) is 14.8. The molecular formula is C26H29Cl2N5O3. The summed E-state index contributed by atoms with van der Waals surface area (Å²) in [6.45, 7) is 4.41. The molecular weight excluding hydrogens is 501 g/mol. The number of halogens is 2. The van der Waals surface area contributed by atoms with Crippen LogP contribution in [-0.2, 0) is 22.5 Å². The van der Waals surface area contributed by atoms with E-state index < -0.39 is 12.1 Å². The van der Waals surface area contributed by atoms with Gasteiger partial charge in [-0.2, -0.15) is 5.26 Å². The maximum atomic E-state index is 13.7. The van der Waals surface area contributed by atoms with Crippen molar-refractivity contribution in [3.8, 4) is 6.07 Å². The molecule has 4 rings (SSSR count). The van der Waals surface area contributed by atoms with Crippen LogP contribution in [0.15, 0.2) is 42.5 Å². The van der Waals surface area contributed by atoms with E-state index in [0.29, 0.717) is 68.7 Å². The number of hydrogen-bond donors (Lipinski definition) is 1. The zero-order valence-corrected chi connectivity index (χ0v) is 21.5. The molecule has 1 atom stereocenters. The first-order chi connectivity index (χ1) is 17.5. The first kappa shape index (κ1) is 26.1. The molecule has 2 saturated heterocycles. The third-order valence-electron chi connectivity index (χ3n) is 6.53. The lowest BCUT2D eigenvalue weighted by Crippen LogP contribution is -2.56. The van der Waals surface area contributed by atoms with Crippen LogP contribution < -0.4 is 10.2 Å². The second-order valence-electron chi connectivity index (χ2n) is 8.79. The van der Waals surface area contributed by atoms with Crippen molar-refractivity contribution in [2.24, 2.45) is 0 Å². The summed E-state index contributed by atoms with van der Waals surface area (Å²) >= 11 is 12.4. The van der Waals surface area contributed by atoms with Gasteiger partial charge in [-0.25, -0.2) is 4.79 Å². The van der Waals surface area contributed by atoms with Gasteiger partial charge in [0.15, 0.2) is 0 Å². The van der Waals surface area contributed by atoms with Gasteiger partial charge in [0.2, 0.25) is 5.91 Å². The van der Waals surface area contributed by atoms with Crippen molar-refractivity contribution < 1.29 is 14.3 Å². The van der Waals surface area contributed by atoms with E-state index in [1.54, 1.807) is 18.2 Å². The van der Waals surface area contributed by atoms with Crippen LogP contribution in [0.25, 0.3) is 0 Å². The molecule has 2 aliphatic rings. The highest BCUT2D eigenvalue weighted by molar-refractivity contribution is 6.35. The van der Waals surface area contributed by atoms with Gasteiger partial charge in [-0.3, -0.25) is 9.69 Å². The predicted molar refractivity (Wildman–Crippen MR) is 139 cm³/mol. The summed E-state index contributed by atoms with van der Waals surface area (Å²) in [5.74, 6) is -0.106. The van der Waals surface area contributed by atoms with Crippen molar-refractivity contribution in [2.75, 3.05) is 50.8 Å². The Kier molecular flexibility index (Phi) is 8.92. The Balaban J connectivity index is 1.44. The lowest BCUT2D eigenvalue weighted by Gasteiger charge is -2.39. The molecule has 0 spiro atoms. The van der Waals surface area contributed by atoms with Crippen molar-refractivity contribution in [1.29, 1.82) is 5.26 Å². The molecule has 10 heteroatoms. The molecule has 0 aliphatic carbocycles. The van der Waals surface area contributed by atoms with Crippen LogP contribution in [0.1, 0.15) is 17.5 Å². The van der Waals surface area contributed by atoms with Gasteiger partial charge >= 0.3 is 6.09 Å². The number of rotatable bonds is 9. The highest BCUT2D eigenvalue weighted by Gasteiger charge is 2.38. The fourth-order valence-electron chi connectivity index (χ4n) is 4.63. The summed E-state index contributed by atoms with van der Waals surface area (Å²) in [7, 11) is 0. The molecule has 0 saturated carbocycles. The monoisotopic (exact) mass is 529 g/mol. The first-order valence-electron chi connectivity index (χ1n) is 12.0. The third kappa shape index (κ3) is 6.22. The van der Waals surface area contributed by atoms with Gasteiger partial charge in [-0.1, -0.05) is 47.5 Å². The average molecular weight is 530 g/mol. The average Bonchev–Trinajstić information content (AvgIpc) is 3.31. The van der Waals surface area contributed by atoms with E-state index in [1.165, 1.54) is 4.90 Å². The van der Waals surface area contributed by atoms with Crippen molar-refractivity contribution in [3.63, 3.8) is 0 Å². The fraction of sp³-hybridized carbons (Fsp3) is 0.423. The van der Waals surface area contributed by atoms with Gasteiger partial charge in [-0.05, 0) is 29.3 Å². The molecule has 0 radical (unpaired) electrons. The molecule has 2 aromatic rings. The molecule has 2 amide bonds. The van der Waals surface area contributed by atoms with E-state index in [2.05, 4.69) is 28.4 Å². The molecule has 2 aromatic carbocycles. The van der Waals surface area contributed by atoms with Gasteiger partial charge in [0.25, 0.3) is 0 Å². The third-order valence-corrected chi connectivity index (χ3v) is 7.12. The molecule has 0 bridgehead atoms. The molecule has 2 fully saturated rings. The van der Waals surface area contributed by atoms with E-state index in [0.717, 1.165) is 16.8 Å². The maximum Gasteiger partial charge on any atom is 0.410 e. The number of para-hydroxylation sites is 1. The summed E-state index contributed by atoms with van der Waals surface area (Å²) in [5, 5.41) is 13.0. The van der Waals surface area contributed by atoms with E-state index in [1.807, 2.05) is 17.0 Å². The van der Waals surface area contributed by atoms with Crippen molar-refractivity contribution in [2.45, 2.75) is 25.4 Å². The number of ether oxygens (including phenoxy) is 1. The first-order valence-corrected chi connectivity index (χ1v) is 12.8. The number of nitrogens with zero attached hydrogens (tertiary/aromatic N) is 4. The lowest BCUT2D eigenvalue weighted by atomic mass is 10.0. The van der Waals surface area contributed by atoms with E-state index >= 15 is 0 Å². The Labute approximate surface area is 221 Å². The Morgan fingerprint density at radius 1 is 1.08 bits per heavy atom. The number of cyclic esters (lactones) is 1. The summed E-state index contributed by atoms with van der Waals surface area (Å²) in [6.07, 6.45) is 0.284. The number of hydrogen-bond acceptors (Lipinski definition) is 6. The van der Waals surface area contributed by atoms with Gasteiger partial charge in [-0.15, -0.1) is 0 Å². The number of anilines is 1. The van der Waals surface area contributed by atoms with Gasteiger partial charge < -0.3 is 19.9 Å². The van der Waals surface area contributed by atoms with Crippen molar-refractivity contribution in [1.82, 2.24) is 15.1 Å². The van der Waals surface area contributed by atoms with E-state index in [9.17, 15) is 9.59 Å². The van der Waals surface area contributed by atoms with Crippen LogP contribution >= 0.6 is 23.2 Å². The zero-order valence-electron chi connectivity index (χ0n) is 20.0. The molecule has 8 nitrogen and oxygen atoms in total. The minimum atomic E-state index is -0.693. The smallest absolute Gasteiger partial charge is 0.410 e. The molecule has 2 heterocycles. The largest absolute Gasteiger partial charge is 0.448 e. The Hall–Kier alpha value is -2.99. The minimum Gasteiger partial charge on any atom is -0.448 e. The summed E-state index contributed by atoms with van der Waals surface area (Å²) in [4.78, 5) is 31.7. The SMILES string of the molecule is N#CCCNCc1ccccc1N1CCN(C(=O)C(Cc2ccc(Cl)cc2Cl)N2CCOC2=O)CC1. The summed E-state index contributed by atoms with van der Waals surface area (Å²) < 4.78 is 5.14. The van der Waals surface area contributed by atoms with Crippen LogP contribution in [0.4, 0.5) is 10.5 Å². The standard InChI is InChI=1S/C26H29Cl2N5O3/c27-21-7-6-19(22(28)17-21)16-24(33-14-15-36-26(33)35)25(34)32-12-10-31(11-13-32)23-5-2-1-4-20(23)18-30-9-3-8-29/h1-2,4-7,17,24,30H,3,9-16,18H2. The van der Waals surface area contributed by atoms with Crippen LogP contribution in [-0.4, -0.2) is 73.7 Å². The second-order valence-corrected chi connectivity index (χ2v) is 9.63. The number of carbonyl (C=O) groups excluding carboxylic acids is 2. The van der Waals surface area contributed by atoms with Gasteiger partial charge in [0.05, 0.1) is 12.6 Å². The molecule has 2 aliphatic heterocycles. The quantitative estimate of drug-likeness (QED) is 0.498. The lowest BCUT2D eigenvalue weighted by molar-refractivity contribution is -0.136. The molecule has 36 heavy (non-hydrogen) atoms. The zero-order chi connectivity index (χ0) is 25.5. The Bertz CT molecular complexity index is 1130. The van der Waals surface area contributed by atoms with Crippen molar-refractivity contribution >= 4 is 40.9 Å². The van der Waals surface area contributed by atoms with Gasteiger partial charge in [0.1, 0.15) is 12.6 Å². The topological polar surface area (TPSA) is 88.9 Å². The fourth-order valence-corrected chi connectivity index (χ4v) is 5.12. The van der Waals surface area contributed by atoms with Crippen LogP contribution in [0.5, 0.6) is 0 Å². The van der Waals surface area contributed by atoms with Gasteiger partial charge in [0, 0.05) is 67.8 Å². The predicted octanol–water partition coefficient (Wildman–Crippen LogP) is 3.71. The molecule has 0 aromatic heterocycles. The van der Waals surface area contributed by atoms with Crippen LogP contribution in [0, 0.1) is 11.3 Å². The number of nitriles is 1. The minimum absolute atomic E-state index is 0.106. The Morgan fingerprint density at radius 2 is 1.86 bits per heavy atom.